The second-order valence-corrected chi connectivity index (χ2v) is 4.30. The molecule has 1 aromatic heterocycles. The number of carbonyl (C=O) groups excluding carboxylic acids is 1. The second-order valence-electron chi connectivity index (χ2n) is 4.30. The van der Waals surface area contributed by atoms with E-state index in [0.29, 0.717) is 18.0 Å². The normalized spacial score (nSPS) is 11.9. The van der Waals surface area contributed by atoms with Gasteiger partial charge >= 0.3 is 6.18 Å². The van der Waals surface area contributed by atoms with Crippen LogP contribution in [-0.4, -0.2) is 51.1 Å². The summed E-state index contributed by atoms with van der Waals surface area (Å²) in [5.41, 5.74) is 5.19. The summed E-state index contributed by atoms with van der Waals surface area (Å²) in [5, 5.41) is 7.19. The van der Waals surface area contributed by atoms with E-state index in [-0.39, 0.29) is 5.69 Å². The first kappa shape index (κ1) is 15.4. The van der Waals surface area contributed by atoms with Crippen LogP contribution in [0.15, 0.2) is 6.20 Å². The molecule has 0 radical (unpaired) electrons. The van der Waals surface area contributed by atoms with Crippen LogP contribution in [-0.2, 0) is 6.54 Å². The van der Waals surface area contributed by atoms with Gasteiger partial charge in [-0.15, -0.1) is 5.10 Å². The molecule has 0 saturated heterocycles. The number of aromatic nitrogens is 3. The fourth-order valence-electron chi connectivity index (χ4n) is 1.47. The number of rotatable bonds is 5. The van der Waals surface area contributed by atoms with Crippen molar-refractivity contribution < 1.29 is 18.0 Å². The Bertz CT molecular complexity index is 429. The van der Waals surface area contributed by atoms with Gasteiger partial charge in [-0.05, 0) is 13.8 Å². The van der Waals surface area contributed by atoms with Gasteiger partial charge in [-0.1, -0.05) is 5.21 Å². The Morgan fingerprint density at radius 1 is 1.53 bits per heavy atom. The molecule has 0 saturated carbocycles. The van der Waals surface area contributed by atoms with Gasteiger partial charge in [-0.2, -0.15) is 13.2 Å². The quantitative estimate of drug-likeness (QED) is 0.858. The van der Waals surface area contributed by atoms with E-state index in [0.717, 1.165) is 0 Å². The third-order valence-electron chi connectivity index (χ3n) is 2.35. The maximum Gasteiger partial charge on any atom is 0.406 e. The van der Waals surface area contributed by atoms with Gasteiger partial charge in [0.15, 0.2) is 5.69 Å². The Balaban J connectivity index is 2.86. The Labute approximate surface area is 108 Å². The summed E-state index contributed by atoms with van der Waals surface area (Å²) in [6.07, 6.45) is -3.16. The fourth-order valence-corrected chi connectivity index (χ4v) is 1.47. The zero-order valence-corrected chi connectivity index (χ0v) is 10.7. The molecule has 9 heteroatoms. The topological polar surface area (TPSA) is 77.0 Å². The van der Waals surface area contributed by atoms with E-state index < -0.39 is 24.7 Å². The highest BCUT2D eigenvalue weighted by atomic mass is 19.4. The van der Waals surface area contributed by atoms with Crippen LogP contribution in [0.1, 0.15) is 24.3 Å². The molecule has 19 heavy (non-hydrogen) atoms. The zero-order valence-electron chi connectivity index (χ0n) is 10.7. The van der Waals surface area contributed by atoms with Crippen molar-refractivity contribution in [3.8, 4) is 0 Å². The second kappa shape index (κ2) is 6.00. The first-order valence-electron chi connectivity index (χ1n) is 5.72. The number of hydrogen-bond donors (Lipinski definition) is 1. The maximum absolute atomic E-state index is 12.4. The molecule has 1 amide bonds. The number of nitrogens with zero attached hydrogens (tertiary/aromatic N) is 4. The number of halogens is 3. The van der Waals surface area contributed by atoms with Gasteiger partial charge in [0.1, 0.15) is 6.54 Å². The summed E-state index contributed by atoms with van der Waals surface area (Å²) < 4.78 is 38.6. The molecule has 1 aromatic rings. The number of hydrogen-bond acceptors (Lipinski definition) is 4. The van der Waals surface area contributed by atoms with E-state index in [4.69, 9.17) is 5.73 Å². The summed E-state index contributed by atoms with van der Waals surface area (Å²) in [6.45, 7) is 2.35. The van der Waals surface area contributed by atoms with Gasteiger partial charge in [0.05, 0.1) is 12.7 Å². The van der Waals surface area contributed by atoms with Gasteiger partial charge in [-0.25, -0.2) is 0 Å². The van der Waals surface area contributed by atoms with Crippen LogP contribution in [0, 0.1) is 0 Å². The average Bonchev–Trinajstić information content (AvgIpc) is 2.72. The first-order chi connectivity index (χ1) is 8.74. The van der Waals surface area contributed by atoms with E-state index in [1.807, 2.05) is 0 Å². The molecular formula is C10H16F3N5O. The monoisotopic (exact) mass is 279 g/mol. The molecule has 0 unspecified atom stereocenters. The smallest absolute Gasteiger partial charge is 0.329 e. The van der Waals surface area contributed by atoms with Crippen molar-refractivity contribution in [3.63, 3.8) is 0 Å². The van der Waals surface area contributed by atoms with Crippen molar-refractivity contribution in [2.24, 2.45) is 5.73 Å². The fraction of sp³-hybridized carbons (Fsp3) is 0.700. The summed E-state index contributed by atoms with van der Waals surface area (Å²) in [6, 6.07) is -0.589. The highest BCUT2D eigenvalue weighted by Crippen LogP contribution is 2.19. The number of amides is 1. The lowest BCUT2D eigenvalue weighted by atomic mass is 10.2. The largest absolute Gasteiger partial charge is 0.406 e. The number of nitrogens with two attached hydrogens (primary N) is 1. The minimum atomic E-state index is -4.45. The molecule has 0 spiro atoms. The molecule has 0 atom stereocenters. The van der Waals surface area contributed by atoms with Crippen LogP contribution in [0.2, 0.25) is 0 Å². The van der Waals surface area contributed by atoms with Crippen LogP contribution in [0.5, 0.6) is 0 Å². The molecule has 108 valence electrons. The Morgan fingerprint density at radius 3 is 2.63 bits per heavy atom. The molecule has 2 N–H and O–H groups in total. The lowest BCUT2D eigenvalue weighted by Crippen LogP contribution is -2.43. The Hall–Kier alpha value is -1.64. The predicted octanol–water partition coefficient (Wildman–Crippen LogP) is 0.650. The van der Waals surface area contributed by atoms with Crippen LogP contribution in [0.25, 0.3) is 0 Å². The highest BCUT2D eigenvalue weighted by molar-refractivity contribution is 5.92. The SMILES string of the molecule is CC(C)N(CC(F)(F)F)C(=O)c1cn(CCN)nn1. The highest BCUT2D eigenvalue weighted by Gasteiger charge is 2.35. The van der Waals surface area contributed by atoms with Crippen molar-refractivity contribution in [2.75, 3.05) is 13.1 Å². The van der Waals surface area contributed by atoms with Crippen molar-refractivity contribution >= 4 is 5.91 Å². The molecule has 1 rings (SSSR count). The van der Waals surface area contributed by atoms with Crippen molar-refractivity contribution in [3.05, 3.63) is 11.9 Å². The average molecular weight is 279 g/mol. The lowest BCUT2D eigenvalue weighted by Gasteiger charge is -2.26. The molecular weight excluding hydrogens is 263 g/mol. The Morgan fingerprint density at radius 2 is 2.16 bits per heavy atom. The van der Waals surface area contributed by atoms with E-state index in [1.54, 1.807) is 0 Å². The number of carbonyl (C=O) groups is 1. The maximum atomic E-state index is 12.4. The van der Waals surface area contributed by atoms with E-state index in [2.05, 4.69) is 10.3 Å². The van der Waals surface area contributed by atoms with Crippen LogP contribution < -0.4 is 5.73 Å². The van der Waals surface area contributed by atoms with Gasteiger partial charge in [0.25, 0.3) is 5.91 Å². The Kier molecular flexibility index (Phi) is 4.87. The zero-order chi connectivity index (χ0) is 14.6. The molecule has 0 aliphatic heterocycles. The van der Waals surface area contributed by atoms with Gasteiger partial charge in [0.2, 0.25) is 0 Å². The van der Waals surface area contributed by atoms with Gasteiger partial charge in [0, 0.05) is 12.6 Å². The summed E-state index contributed by atoms with van der Waals surface area (Å²) in [7, 11) is 0. The molecule has 0 bridgehead atoms. The van der Waals surface area contributed by atoms with Crippen LogP contribution in [0.4, 0.5) is 13.2 Å². The molecule has 0 aliphatic rings. The minimum Gasteiger partial charge on any atom is -0.329 e. The third kappa shape index (κ3) is 4.51. The van der Waals surface area contributed by atoms with E-state index in [1.165, 1.54) is 24.7 Å². The molecule has 1 heterocycles. The molecule has 6 nitrogen and oxygen atoms in total. The van der Waals surface area contributed by atoms with Gasteiger partial charge in [-0.3, -0.25) is 9.48 Å². The standard InChI is InChI=1S/C10H16F3N5O/c1-7(2)18(6-10(11,12)13)9(19)8-5-17(4-3-14)16-15-8/h5,7H,3-4,6,14H2,1-2H3. The molecule has 0 aliphatic carbocycles. The van der Waals surface area contributed by atoms with Crippen LogP contribution in [0.3, 0.4) is 0 Å². The number of alkyl halides is 3. The first-order valence-corrected chi connectivity index (χ1v) is 5.72. The third-order valence-corrected chi connectivity index (χ3v) is 2.35. The van der Waals surface area contributed by atoms with Crippen molar-refractivity contribution in [2.45, 2.75) is 32.6 Å². The lowest BCUT2D eigenvalue weighted by molar-refractivity contribution is -0.143. The predicted molar refractivity (Wildman–Crippen MR) is 61.3 cm³/mol. The minimum absolute atomic E-state index is 0.119. The van der Waals surface area contributed by atoms with Crippen molar-refractivity contribution in [1.82, 2.24) is 19.9 Å². The van der Waals surface area contributed by atoms with Crippen molar-refractivity contribution in [1.29, 1.82) is 0 Å². The van der Waals surface area contributed by atoms with Gasteiger partial charge < -0.3 is 10.6 Å². The molecule has 0 aromatic carbocycles. The molecule has 0 fully saturated rings. The van der Waals surface area contributed by atoms with E-state index >= 15 is 0 Å². The van der Waals surface area contributed by atoms with E-state index in [9.17, 15) is 18.0 Å². The summed E-state index contributed by atoms with van der Waals surface area (Å²) in [5.74, 6) is -0.796. The van der Waals surface area contributed by atoms with Crippen LogP contribution >= 0.6 is 0 Å². The summed E-state index contributed by atoms with van der Waals surface area (Å²) >= 11 is 0. The summed E-state index contributed by atoms with van der Waals surface area (Å²) in [4.78, 5) is 12.7.